The predicted octanol–water partition coefficient (Wildman–Crippen LogP) is 1.92. The lowest BCUT2D eigenvalue weighted by molar-refractivity contribution is -0.325. The van der Waals surface area contributed by atoms with Crippen molar-refractivity contribution in [3.8, 4) is 0 Å². The van der Waals surface area contributed by atoms with E-state index < -0.39 is 0 Å². The Morgan fingerprint density at radius 2 is 1.73 bits per heavy atom. The summed E-state index contributed by atoms with van der Waals surface area (Å²) < 4.78 is 11.7. The molecule has 0 aromatic carbocycles. The van der Waals surface area contributed by atoms with Crippen LogP contribution in [0.1, 0.15) is 40.5 Å². The van der Waals surface area contributed by atoms with Gasteiger partial charge in [-0.25, -0.2) is 0 Å². The van der Waals surface area contributed by atoms with E-state index in [2.05, 4.69) is 33.0 Å². The van der Waals surface area contributed by atoms with Gasteiger partial charge in [0.25, 0.3) is 0 Å². The molecule has 2 rings (SSSR count). The standard InChI is InChI=1S/C12H23NO2/c1-5-11(6-2)10(3,4)7-13-12(15-11)8-14-9-12/h13H,5-9H2,1-4H3. The molecule has 88 valence electrons. The van der Waals surface area contributed by atoms with Crippen molar-refractivity contribution in [2.75, 3.05) is 19.8 Å². The van der Waals surface area contributed by atoms with E-state index in [-0.39, 0.29) is 16.7 Å². The first-order chi connectivity index (χ1) is 6.99. The summed E-state index contributed by atoms with van der Waals surface area (Å²) in [6, 6.07) is 0. The van der Waals surface area contributed by atoms with Crippen LogP contribution in [0.3, 0.4) is 0 Å². The average molecular weight is 213 g/mol. The largest absolute Gasteiger partial charge is 0.372 e. The first-order valence-corrected chi connectivity index (χ1v) is 6.02. The van der Waals surface area contributed by atoms with Gasteiger partial charge < -0.3 is 9.47 Å². The lowest BCUT2D eigenvalue weighted by Gasteiger charge is -2.59. The quantitative estimate of drug-likeness (QED) is 0.760. The molecule has 0 atom stereocenters. The molecule has 3 heteroatoms. The predicted molar refractivity (Wildman–Crippen MR) is 59.7 cm³/mol. The van der Waals surface area contributed by atoms with Gasteiger partial charge in [-0.1, -0.05) is 27.7 Å². The van der Waals surface area contributed by atoms with Gasteiger partial charge in [0.1, 0.15) is 0 Å². The summed E-state index contributed by atoms with van der Waals surface area (Å²) in [6.07, 6.45) is 2.14. The molecule has 2 heterocycles. The normalized spacial score (nSPS) is 31.2. The van der Waals surface area contributed by atoms with Gasteiger partial charge in [-0.2, -0.15) is 0 Å². The van der Waals surface area contributed by atoms with Gasteiger partial charge in [0, 0.05) is 12.0 Å². The van der Waals surface area contributed by atoms with Crippen LogP contribution in [-0.2, 0) is 9.47 Å². The fourth-order valence-electron chi connectivity index (χ4n) is 2.89. The SMILES string of the molecule is CCC1(CC)OC2(COC2)NCC1(C)C. The molecule has 2 fully saturated rings. The van der Waals surface area contributed by atoms with Crippen LogP contribution in [0.25, 0.3) is 0 Å². The highest BCUT2D eigenvalue weighted by Gasteiger charge is 2.56. The molecule has 15 heavy (non-hydrogen) atoms. The second-order valence-electron chi connectivity index (χ2n) is 5.53. The molecule has 0 radical (unpaired) electrons. The first kappa shape index (κ1) is 11.4. The summed E-state index contributed by atoms with van der Waals surface area (Å²) in [6.45, 7) is 11.4. The molecule has 2 aliphatic rings. The summed E-state index contributed by atoms with van der Waals surface area (Å²) in [5, 5.41) is 3.50. The van der Waals surface area contributed by atoms with E-state index in [4.69, 9.17) is 9.47 Å². The fourth-order valence-corrected chi connectivity index (χ4v) is 2.89. The lowest BCUT2D eigenvalue weighted by atomic mass is 9.69. The van der Waals surface area contributed by atoms with Crippen molar-refractivity contribution in [2.45, 2.75) is 51.9 Å². The highest BCUT2D eigenvalue weighted by atomic mass is 16.6. The van der Waals surface area contributed by atoms with Crippen LogP contribution < -0.4 is 5.32 Å². The summed E-state index contributed by atoms with van der Waals surface area (Å²) in [5.74, 6) is 0. The zero-order chi connectivity index (χ0) is 11.2. The second kappa shape index (κ2) is 3.44. The molecule has 2 aliphatic heterocycles. The van der Waals surface area contributed by atoms with Crippen molar-refractivity contribution in [1.29, 1.82) is 0 Å². The Labute approximate surface area is 92.5 Å². The van der Waals surface area contributed by atoms with E-state index >= 15 is 0 Å². The Hall–Kier alpha value is -0.120. The molecule has 1 N–H and O–H groups in total. The van der Waals surface area contributed by atoms with E-state index in [1.165, 1.54) is 0 Å². The minimum atomic E-state index is -0.179. The number of rotatable bonds is 2. The van der Waals surface area contributed by atoms with Gasteiger partial charge in [-0.05, 0) is 12.8 Å². The average Bonchev–Trinajstić information content (AvgIpc) is 2.16. The van der Waals surface area contributed by atoms with E-state index in [0.717, 1.165) is 19.4 Å². The summed E-state index contributed by atoms with van der Waals surface area (Å²) in [4.78, 5) is 0. The van der Waals surface area contributed by atoms with E-state index in [1.807, 2.05) is 0 Å². The molecular formula is C12H23NO2. The third-order valence-electron chi connectivity index (χ3n) is 4.29. The maximum absolute atomic E-state index is 6.38. The maximum atomic E-state index is 6.38. The van der Waals surface area contributed by atoms with Crippen LogP contribution in [0.2, 0.25) is 0 Å². The van der Waals surface area contributed by atoms with Crippen molar-refractivity contribution < 1.29 is 9.47 Å². The van der Waals surface area contributed by atoms with Gasteiger partial charge in [0.05, 0.1) is 18.8 Å². The van der Waals surface area contributed by atoms with Crippen LogP contribution in [0, 0.1) is 5.41 Å². The molecule has 0 aromatic rings. The highest BCUT2D eigenvalue weighted by molar-refractivity contribution is 5.04. The molecule has 0 aromatic heterocycles. The Balaban J connectivity index is 2.22. The van der Waals surface area contributed by atoms with Crippen molar-refractivity contribution in [3.63, 3.8) is 0 Å². The smallest absolute Gasteiger partial charge is 0.166 e. The number of nitrogens with one attached hydrogen (secondary N) is 1. The molecule has 0 bridgehead atoms. The zero-order valence-corrected chi connectivity index (χ0v) is 10.4. The van der Waals surface area contributed by atoms with Crippen LogP contribution in [0.4, 0.5) is 0 Å². The molecule has 0 unspecified atom stereocenters. The monoisotopic (exact) mass is 213 g/mol. The van der Waals surface area contributed by atoms with Gasteiger partial charge in [-0.15, -0.1) is 0 Å². The van der Waals surface area contributed by atoms with Gasteiger partial charge >= 0.3 is 0 Å². The van der Waals surface area contributed by atoms with Gasteiger partial charge in [0.2, 0.25) is 0 Å². The molecule has 3 nitrogen and oxygen atoms in total. The Bertz CT molecular complexity index is 242. The third kappa shape index (κ3) is 1.52. The second-order valence-corrected chi connectivity index (χ2v) is 5.53. The van der Waals surface area contributed by atoms with Crippen molar-refractivity contribution in [2.24, 2.45) is 5.41 Å². The van der Waals surface area contributed by atoms with E-state index in [9.17, 15) is 0 Å². The molecule has 0 amide bonds. The number of hydrogen-bond acceptors (Lipinski definition) is 3. The van der Waals surface area contributed by atoms with Crippen molar-refractivity contribution >= 4 is 0 Å². The number of ether oxygens (including phenoxy) is 2. The Morgan fingerprint density at radius 1 is 1.13 bits per heavy atom. The Kier molecular flexibility index (Phi) is 2.61. The fraction of sp³-hybridized carbons (Fsp3) is 1.00. The summed E-state index contributed by atoms with van der Waals surface area (Å²) in [7, 11) is 0. The zero-order valence-electron chi connectivity index (χ0n) is 10.4. The van der Waals surface area contributed by atoms with E-state index in [1.54, 1.807) is 0 Å². The van der Waals surface area contributed by atoms with Crippen LogP contribution >= 0.6 is 0 Å². The molecule has 0 aliphatic carbocycles. The topological polar surface area (TPSA) is 30.5 Å². The number of hydrogen-bond donors (Lipinski definition) is 1. The lowest BCUT2D eigenvalue weighted by Crippen LogP contribution is -2.74. The van der Waals surface area contributed by atoms with Gasteiger partial charge in [0.15, 0.2) is 5.72 Å². The maximum Gasteiger partial charge on any atom is 0.166 e. The summed E-state index contributed by atoms with van der Waals surface area (Å²) in [5.41, 5.74) is 0.0148. The minimum absolute atomic E-state index is 0.00201. The van der Waals surface area contributed by atoms with Gasteiger partial charge in [-0.3, -0.25) is 5.32 Å². The third-order valence-corrected chi connectivity index (χ3v) is 4.29. The van der Waals surface area contributed by atoms with Crippen molar-refractivity contribution in [3.05, 3.63) is 0 Å². The van der Waals surface area contributed by atoms with Crippen LogP contribution in [0.5, 0.6) is 0 Å². The minimum Gasteiger partial charge on any atom is -0.372 e. The Morgan fingerprint density at radius 3 is 2.13 bits per heavy atom. The molecular weight excluding hydrogens is 190 g/mol. The summed E-state index contributed by atoms with van der Waals surface area (Å²) >= 11 is 0. The van der Waals surface area contributed by atoms with E-state index in [0.29, 0.717) is 13.2 Å². The van der Waals surface area contributed by atoms with Crippen LogP contribution in [0.15, 0.2) is 0 Å². The molecule has 0 saturated carbocycles. The van der Waals surface area contributed by atoms with Crippen molar-refractivity contribution in [1.82, 2.24) is 5.32 Å². The molecule has 1 spiro atoms. The first-order valence-electron chi connectivity index (χ1n) is 6.02. The molecule has 2 saturated heterocycles. The highest BCUT2D eigenvalue weighted by Crippen LogP contribution is 2.46. The van der Waals surface area contributed by atoms with Crippen LogP contribution in [-0.4, -0.2) is 31.1 Å².